The van der Waals surface area contributed by atoms with Crippen molar-refractivity contribution in [2.75, 3.05) is 11.1 Å². The van der Waals surface area contributed by atoms with Gasteiger partial charge in [0.15, 0.2) is 5.16 Å². The summed E-state index contributed by atoms with van der Waals surface area (Å²) in [4.78, 5) is 34.4. The van der Waals surface area contributed by atoms with E-state index < -0.39 is 5.82 Å². The molecule has 0 aliphatic carbocycles. The number of rotatable bonds is 5. The van der Waals surface area contributed by atoms with Crippen LogP contribution in [0.4, 0.5) is 10.1 Å². The van der Waals surface area contributed by atoms with Crippen molar-refractivity contribution < 1.29 is 9.18 Å². The lowest BCUT2D eigenvalue weighted by atomic mass is 10.2. The molecule has 0 radical (unpaired) electrons. The number of aryl methyl sites for hydroxylation is 1. The van der Waals surface area contributed by atoms with Gasteiger partial charge in [0.1, 0.15) is 11.6 Å². The Kier molecular flexibility index (Phi) is 5.58. The van der Waals surface area contributed by atoms with Gasteiger partial charge in [0, 0.05) is 11.9 Å². The van der Waals surface area contributed by atoms with Crippen LogP contribution < -0.4 is 10.9 Å². The van der Waals surface area contributed by atoms with Crippen LogP contribution in [0.25, 0.3) is 16.7 Å². The SMILES string of the molecule is Cc1ccnc(-n2c(SCC(=O)Nc3cccc(F)c3)nc3ccccc3c2=O)c1. The molecule has 4 rings (SSSR count). The molecule has 0 unspecified atom stereocenters. The first-order valence-electron chi connectivity index (χ1n) is 9.14. The minimum atomic E-state index is -0.434. The maximum absolute atomic E-state index is 13.3. The number of aromatic nitrogens is 3. The van der Waals surface area contributed by atoms with Crippen molar-refractivity contribution in [3.63, 3.8) is 0 Å². The van der Waals surface area contributed by atoms with E-state index >= 15 is 0 Å². The van der Waals surface area contributed by atoms with Crippen molar-refractivity contribution >= 4 is 34.3 Å². The number of nitrogens with one attached hydrogen (secondary N) is 1. The Morgan fingerprint density at radius 2 is 1.97 bits per heavy atom. The highest BCUT2D eigenvalue weighted by Gasteiger charge is 2.16. The van der Waals surface area contributed by atoms with Gasteiger partial charge in [0.05, 0.1) is 16.7 Å². The summed E-state index contributed by atoms with van der Waals surface area (Å²) in [6.07, 6.45) is 1.62. The molecular weight excluding hydrogens is 403 g/mol. The number of pyridine rings is 1. The highest BCUT2D eigenvalue weighted by atomic mass is 32.2. The third kappa shape index (κ3) is 4.23. The van der Waals surface area contributed by atoms with Crippen LogP contribution in [-0.4, -0.2) is 26.2 Å². The van der Waals surface area contributed by atoms with Gasteiger partial charge in [-0.15, -0.1) is 0 Å². The molecule has 0 saturated heterocycles. The van der Waals surface area contributed by atoms with E-state index in [2.05, 4.69) is 15.3 Å². The minimum absolute atomic E-state index is 0.00684. The van der Waals surface area contributed by atoms with Gasteiger partial charge >= 0.3 is 0 Å². The van der Waals surface area contributed by atoms with E-state index in [9.17, 15) is 14.0 Å². The maximum Gasteiger partial charge on any atom is 0.267 e. The molecule has 30 heavy (non-hydrogen) atoms. The maximum atomic E-state index is 13.3. The number of para-hydroxylation sites is 1. The monoisotopic (exact) mass is 420 g/mol. The van der Waals surface area contributed by atoms with Gasteiger partial charge in [-0.1, -0.05) is 30.0 Å². The molecule has 0 bridgehead atoms. The van der Waals surface area contributed by atoms with E-state index in [0.717, 1.165) is 17.3 Å². The van der Waals surface area contributed by atoms with E-state index in [1.165, 1.54) is 22.8 Å². The largest absolute Gasteiger partial charge is 0.325 e. The van der Waals surface area contributed by atoms with Crippen LogP contribution in [0.15, 0.2) is 76.8 Å². The minimum Gasteiger partial charge on any atom is -0.325 e. The van der Waals surface area contributed by atoms with Crippen LogP contribution in [0.2, 0.25) is 0 Å². The fourth-order valence-electron chi connectivity index (χ4n) is 2.95. The Balaban J connectivity index is 1.68. The molecule has 0 fully saturated rings. The van der Waals surface area contributed by atoms with Crippen molar-refractivity contribution in [3.05, 3.63) is 88.6 Å². The number of carbonyl (C=O) groups excluding carboxylic acids is 1. The summed E-state index contributed by atoms with van der Waals surface area (Å²) in [6, 6.07) is 16.3. The van der Waals surface area contributed by atoms with Gasteiger partial charge in [-0.3, -0.25) is 9.59 Å². The van der Waals surface area contributed by atoms with E-state index in [1.54, 1.807) is 42.6 Å². The van der Waals surface area contributed by atoms with Crippen LogP contribution in [0.3, 0.4) is 0 Å². The highest BCUT2D eigenvalue weighted by Crippen LogP contribution is 2.21. The molecule has 1 N–H and O–H groups in total. The van der Waals surface area contributed by atoms with Crippen molar-refractivity contribution in [3.8, 4) is 5.82 Å². The van der Waals surface area contributed by atoms with Gasteiger partial charge in [-0.2, -0.15) is 0 Å². The first-order chi connectivity index (χ1) is 14.5. The standard InChI is InChI=1S/C22H17FN4O2S/c1-14-9-10-24-19(11-14)27-21(29)17-7-2-3-8-18(17)26-22(27)30-13-20(28)25-16-6-4-5-15(23)12-16/h2-12H,13H2,1H3,(H,25,28). The molecule has 2 aromatic carbocycles. The molecule has 4 aromatic rings. The number of amides is 1. The zero-order chi connectivity index (χ0) is 21.1. The van der Waals surface area contributed by atoms with Gasteiger partial charge in [0.25, 0.3) is 5.56 Å². The highest BCUT2D eigenvalue weighted by molar-refractivity contribution is 7.99. The lowest BCUT2D eigenvalue weighted by molar-refractivity contribution is -0.113. The lowest BCUT2D eigenvalue weighted by Gasteiger charge is -2.13. The number of benzene rings is 2. The van der Waals surface area contributed by atoms with Crippen molar-refractivity contribution in [2.45, 2.75) is 12.1 Å². The summed E-state index contributed by atoms with van der Waals surface area (Å²) < 4.78 is 14.7. The number of halogens is 1. The quantitative estimate of drug-likeness (QED) is 0.391. The Labute approximate surface area is 175 Å². The van der Waals surface area contributed by atoms with Gasteiger partial charge < -0.3 is 5.32 Å². The second-order valence-electron chi connectivity index (χ2n) is 6.59. The second kappa shape index (κ2) is 8.46. The van der Waals surface area contributed by atoms with E-state index in [-0.39, 0.29) is 17.2 Å². The second-order valence-corrected chi connectivity index (χ2v) is 7.53. The van der Waals surface area contributed by atoms with Crippen LogP contribution in [0, 0.1) is 12.7 Å². The summed E-state index contributed by atoms with van der Waals surface area (Å²) in [7, 11) is 0. The molecular formula is C22H17FN4O2S. The molecule has 0 atom stereocenters. The predicted octanol–water partition coefficient (Wildman–Crippen LogP) is 3.96. The molecule has 8 heteroatoms. The summed E-state index contributed by atoms with van der Waals surface area (Å²) in [5.74, 6) is -0.341. The summed E-state index contributed by atoms with van der Waals surface area (Å²) in [5, 5.41) is 3.46. The van der Waals surface area contributed by atoms with Crippen LogP contribution in [-0.2, 0) is 4.79 Å². The van der Waals surface area contributed by atoms with Crippen LogP contribution >= 0.6 is 11.8 Å². The number of carbonyl (C=O) groups is 1. The van der Waals surface area contributed by atoms with Crippen molar-refractivity contribution in [2.24, 2.45) is 0 Å². The van der Waals surface area contributed by atoms with E-state index in [0.29, 0.717) is 27.6 Å². The number of hydrogen-bond acceptors (Lipinski definition) is 5. The lowest BCUT2D eigenvalue weighted by Crippen LogP contribution is -2.23. The molecule has 6 nitrogen and oxygen atoms in total. The Morgan fingerprint density at radius 1 is 1.13 bits per heavy atom. The molecule has 0 spiro atoms. The average Bonchev–Trinajstić information content (AvgIpc) is 2.72. The van der Waals surface area contributed by atoms with E-state index in [4.69, 9.17) is 0 Å². The third-order valence-electron chi connectivity index (χ3n) is 4.32. The normalized spacial score (nSPS) is 10.9. The topological polar surface area (TPSA) is 76.9 Å². The van der Waals surface area contributed by atoms with Crippen LogP contribution in [0.1, 0.15) is 5.56 Å². The van der Waals surface area contributed by atoms with Gasteiger partial charge in [0.2, 0.25) is 5.91 Å². The smallest absolute Gasteiger partial charge is 0.267 e. The zero-order valence-electron chi connectivity index (χ0n) is 16.0. The van der Waals surface area contributed by atoms with Gasteiger partial charge in [-0.25, -0.2) is 18.9 Å². The molecule has 2 heterocycles. The number of thioether (sulfide) groups is 1. The number of hydrogen-bond donors (Lipinski definition) is 1. The molecule has 0 saturated carbocycles. The van der Waals surface area contributed by atoms with E-state index in [1.807, 2.05) is 13.0 Å². The van der Waals surface area contributed by atoms with Crippen LogP contribution in [0.5, 0.6) is 0 Å². The average molecular weight is 420 g/mol. The summed E-state index contributed by atoms with van der Waals surface area (Å²) >= 11 is 1.11. The fourth-order valence-corrected chi connectivity index (χ4v) is 3.75. The first kappa shape index (κ1) is 19.8. The first-order valence-corrected chi connectivity index (χ1v) is 10.1. The number of anilines is 1. The Bertz CT molecular complexity index is 1310. The number of nitrogens with zero attached hydrogens (tertiary/aromatic N) is 3. The summed E-state index contributed by atoms with van der Waals surface area (Å²) in [5.41, 5.74) is 1.59. The molecule has 150 valence electrons. The molecule has 0 aliphatic heterocycles. The Hall–Kier alpha value is -3.52. The Morgan fingerprint density at radius 3 is 2.77 bits per heavy atom. The predicted molar refractivity (Wildman–Crippen MR) is 116 cm³/mol. The third-order valence-corrected chi connectivity index (χ3v) is 5.25. The number of fused-ring (bicyclic) bond motifs is 1. The zero-order valence-corrected chi connectivity index (χ0v) is 16.8. The molecule has 0 aliphatic rings. The molecule has 1 amide bonds. The summed E-state index contributed by atoms with van der Waals surface area (Å²) in [6.45, 7) is 1.91. The van der Waals surface area contributed by atoms with Crippen molar-refractivity contribution in [1.29, 1.82) is 0 Å². The van der Waals surface area contributed by atoms with Gasteiger partial charge in [-0.05, 0) is 55.0 Å². The van der Waals surface area contributed by atoms with Crippen molar-refractivity contribution in [1.82, 2.24) is 14.5 Å². The molecule has 2 aromatic heterocycles. The fraction of sp³-hybridized carbons (Fsp3) is 0.0909.